The van der Waals surface area contributed by atoms with Gasteiger partial charge >= 0.3 is 6.55 Å². The molecule has 0 saturated carbocycles. The van der Waals surface area contributed by atoms with Crippen LogP contribution in [0.5, 0.6) is 0 Å². The Morgan fingerprint density at radius 1 is 1.47 bits per heavy atom. The number of nitrogens with zero attached hydrogens (tertiary/aromatic N) is 3. The molecule has 0 aliphatic carbocycles. The minimum atomic E-state index is -2.57. The van der Waals surface area contributed by atoms with Crippen molar-refractivity contribution in [2.24, 2.45) is 0 Å². The van der Waals surface area contributed by atoms with E-state index in [0.29, 0.717) is 12.3 Å². The van der Waals surface area contributed by atoms with Gasteiger partial charge in [-0.3, -0.25) is 4.57 Å². The molecule has 17 heavy (non-hydrogen) atoms. The van der Waals surface area contributed by atoms with Gasteiger partial charge in [0, 0.05) is 18.5 Å². The highest BCUT2D eigenvalue weighted by Gasteiger charge is 2.10. The number of nitrogens with one attached hydrogen (secondary N) is 1. The molecule has 0 aromatic carbocycles. The lowest BCUT2D eigenvalue weighted by Gasteiger charge is -2.06. The van der Waals surface area contributed by atoms with Gasteiger partial charge in [0.2, 0.25) is 0 Å². The Morgan fingerprint density at radius 3 is 2.94 bits per heavy atom. The number of halogens is 2. The monoisotopic (exact) mass is 242 g/mol. The molecule has 2 aromatic heterocycles. The van der Waals surface area contributed by atoms with Crippen LogP contribution in [0, 0.1) is 6.92 Å². The van der Waals surface area contributed by atoms with Crippen LogP contribution in [0.15, 0.2) is 23.0 Å². The van der Waals surface area contributed by atoms with Crippen LogP contribution in [0.25, 0.3) is 0 Å². The standard InChI is InChI=1S/C10H12F2N4O/c1-7-4-8(17-15-7)5-13-6-9-14-2-3-16(9)10(11)12/h2-4,10,13H,5-6H2,1H3. The molecule has 2 rings (SSSR count). The summed E-state index contributed by atoms with van der Waals surface area (Å²) in [6.45, 7) is -0.0772. The zero-order valence-corrected chi connectivity index (χ0v) is 9.23. The third kappa shape index (κ3) is 2.88. The van der Waals surface area contributed by atoms with Gasteiger partial charge in [-0.05, 0) is 6.92 Å². The zero-order chi connectivity index (χ0) is 12.3. The Labute approximate surface area is 96.4 Å². The molecule has 0 fully saturated rings. The molecule has 0 aliphatic rings. The lowest BCUT2D eigenvalue weighted by Crippen LogP contribution is -2.16. The first-order chi connectivity index (χ1) is 8.16. The average Bonchev–Trinajstić information content (AvgIpc) is 2.87. The summed E-state index contributed by atoms with van der Waals surface area (Å²) < 4.78 is 30.8. The van der Waals surface area contributed by atoms with E-state index in [1.54, 1.807) is 6.07 Å². The molecular formula is C10H12F2N4O. The van der Waals surface area contributed by atoms with Gasteiger partial charge in [-0.1, -0.05) is 5.16 Å². The molecule has 0 atom stereocenters. The van der Waals surface area contributed by atoms with Gasteiger partial charge in [-0.25, -0.2) is 4.98 Å². The van der Waals surface area contributed by atoms with Crippen molar-refractivity contribution in [3.05, 3.63) is 35.7 Å². The van der Waals surface area contributed by atoms with Crippen molar-refractivity contribution in [3.63, 3.8) is 0 Å². The number of alkyl halides is 2. The minimum absolute atomic E-state index is 0.247. The van der Waals surface area contributed by atoms with Gasteiger partial charge in [0.05, 0.1) is 18.8 Å². The largest absolute Gasteiger partial charge is 0.360 e. The fourth-order valence-corrected chi connectivity index (χ4v) is 1.46. The molecule has 2 aromatic rings. The van der Waals surface area contributed by atoms with Crippen molar-refractivity contribution in [1.29, 1.82) is 0 Å². The Balaban J connectivity index is 1.88. The molecular weight excluding hydrogens is 230 g/mol. The summed E-state index contributed by atoms with van der Waals surface area (Å²) in [5.74, 6) is 0.953. The van der Waals surface area contributed by atoms with Crippen LogP contribution >= 0.6 is 0 Å². The molecule has 92 valence electrons. The Morgan fingerprint density at radius 2 is 2.29 bits per heavy atom. The fourth-order valence-electron chi connectivity index (χ4n) is 1.46. The van der Waals surface area contributed by atoms with E-state index in [-0.39, 0.29) is 12.4 Å². The summed E-state index contributed by atoms with van der Waals surface area (Å²) in [4.78, 5) is 3.85. The molecule has 0 bridgehead atoms. The molecule has 0 unspecified atom stereocenters. The smallest absolute Gasteiger partial charge is 0.319 e. The summed E-state index contributed by atoms with van der Waals surface area (Å²) >= 11 is 0. The van der Waals surface area contributed by atoms with Crippen molar-refractivity contribution in [2.75, 3.05) is 0 Å². The lowest BCUT2D eigenvalue weighted by molar-refractivity contribution is 0.0666. The van der Waals surface area contributed by atoms with Crippen LogP contribution in [0.2, 0.25) is 0 Å². The van der Waals surface area contributed by atoms with Crippen molar-refractivity contribution in [1.82, 2.24) is 20.0 Å². The van der Waals surface area contributed by atoms with Crippen LogP contribution in [0.3, 0.4) is 0 Å². The van der Waals surface area contributed by atoms with E-state index in [4.69, 9.17) is 4.52 Å². The van der Waals surface area contributed by atoms with E-state index in [1.165, 1.54) is 12.4 Å². The highest BCUT2D eigenvalue weighted by atomic mass is 19.3. The maximum atomic E-state index is 12.5. The molecule has 5 nitrogen and oxygen atoms in total. The van der Waals surface area contributed by atoms with Gasteiger partial charge < -0.3 is 9.84 Å². The number of hydrogen-bond acceptors (Lipinski definition) is 4. The van der Waals surface area contributed by atoms with Crippen LogP contribution in [-0.2, 0) is 13.1 Å². The lowest BCUT2D eigenvalue weighted by atomic mass is 10.4. The summed E-state index contributed by atoms with van der Waals surface area (Å²) in [6.07, 6.45) is 2.60. The topological polar surface area (TPSA) is 55.9 Å². The SMILES string of the molecule is Cc1cc(CNCc2nccn2C(F)F)on1. The van der Waals surface area contributed by atoms with Gasteiger partial charge in [-0.15, -0.1) is 0 Å². The zero-order valence-electron chi connectivity index (χ0n) is 9.23. The van der Waals surface area contributed by atoms with Crippen LogP contribution < -0.4 is 5.32 Å². The number of imidazole rings is 1. The third-order valence-corrected chi connectivity index (χ3v) is 2.22. The second-order valence-corrected chi connectivity index (χ2v) is 3.57. The third-order valence-electron chi connectivity index (χ3n) is 2.22. The molecule has 2 heterocycles. The first-order valence-electron chi connectivity index (χ1n) is 5.09. The maximum absolute atomic E-state index is 12.5. The van der Waals surface area contributed by atoms with Gasteiger partial charge in [0.15, 0.2) is 5.76 Å². The average molecular weight is 242 g/mol. The van der Waals surface area contributed by atoms with Gasteiger partial charge in [-0.2, -0.15) is 8.78 Å². The second-order valence-electron chi connectivity index (χ2n) is 3.57. The van der Waals surface area contributed by atoms with E-state index in [1.807, 2.05) is 6.92 Å². The second kappa shape index (κ2) is 5.05. The molecule has 0 aliphatic heterocycles. The predicted octanol–water partition coefficient (Wildman–Crippen LogP) is 1.86. The number of hydrogen-bond donors (Lipinski definition) is 1. The Hall–Kier alpha value is -1.76. The van der Waals surface area contributed by atoms with E-state index in [9.17, 15) is 8.78 Å². The normalized spacial score (nSPS) is 11.3. The number of aryl methyl sites for hydroxylation is 1. The highest BCUT2D eigenvalue weighted by Crippen LogP contribution is 2.12. The summed E-state index contributed by atoms with van der Waals surface area (Å²) in [5.41, 5.74) is 0.788. The molecule has 0 saturated heterocycles. The first-order valence-corrected chi connectivity index (χ1v) is 5.09. The number of aromatic nitrogens is 3. The summed E-state index contributed by atoms with van der Waals surface area (Å²) in [5, 5.41) is 6.68. The van der Waals surface area contributed by atoms with Crippen molar-refractivity contribution < 1.29 is 13.3 Å². The van der Waals surface area contributed by atoms with Crippen molar-refractivity contribution >= 4 is 0 Å². The summed E-state index contributed by atoms with van der Waals surface area (Å²) in [7, 11) is 0. The summed E-state index contributed by atoms with van der Waals surface area (Å²) in [6, 6.07) is 1.78. The Kier molecular flexibility index (Phi) is 3.48. The number of rotatable bonds is 5. The van der Waals surface area contributed by atoms with Crippen LogP contribution in [0.1, 0.15) is 23.8 Å². The van der Waals surface area contributed by atoms with E-state index in [2.05, 4.69) is 15.5 Å². The highest BCUT2D eigenvalue weighted by molar-refractivity contribution is 5.02. The maximum Gasteiger partial charge on any atom is 0.319 e. The van der Waals surface area contributed by atoms with E-state index < -0.39 is 6.55 Å². The quantitative estimate of drug-likeness (QED) is 0.869. The first kappa shape index (κ1) is 11.7. The molecule has 7 heteroatoms. The molecule has 0 spiro atoms. The van der Waals surface area contributed by atoms with E-state index >= 15 is 0 Å². The molecule has 1 N–H and O–H groups in total. The fraction of sp³-hybridized carbons (Fsp3) is 0.400. The van der Waals surface area contributed by atoms with Crippen LogP contribution in [0.4, 0.5) is 8.78 Å². The van der Waals surface area contributed by atoms with Crippen molar-refractivity contribution in [2.45, 2.75) is 26.6 Å². The van der Waals surface area contributed by atoms with Gasteiger partial charge in [0.1, 0.15) is 5.82 Å². The van der Waals surface area contributed by atoms with E-state index in [0.717, 1.165) is 10.3 Å². The minimum Gasteiger partial charge on any atom is -0.360 e. The molecule has 0 radical (unpaired) electrons. The Bertz CT molecular complexity index is 480. The molecule has 0 amide bonds. The van der Waals surface area contributed by atoms with Crippen LogP contribution in [-0.4, -0.2) is 14.7 Å². The van der Waals surface area contributed by atoms with Crippen molar-refractivity contribution in [3.8, 4) is 0 Å². The predicted molar refractivity (Wildman–Crippen MR) is 55.3 cm³/mol. The van der Waals surface area contributed by atoms with Gasteiger partial charge in [0.25, 0.3) is 0 Å².